The lowest BCUT2D eigenvalue weighted by Gasteiger charge is -2.65. The molecule has 4 bridgehead atoms. The fourth-order valence-corrected chi connectivity index (χ4v) is 6.12. The Morgan fingerprint density at radius 3 is 2.26 bits per heavy atom. The largest absolute Gasteiger partial charge is 0.369 e. The van der Waals surface area contributed by atoms with Gasteiger partial charge in [0.2, 0.25) is 5.91 Å². The van der Waals surface area contributed by atoms with Gasteiger partial charge in [-0.1, -0.05) is 20.8 Å². The van der Waals surface area contributed by atoms with E-state index in [1.54, 1.807) is 0 Å². The average Bonchev–Trinajstić information content (AvgIpc) is 2.20. The van der Waals surface area contributed by atoms with Crippen LogP contribution in [0.15, 0.2) is 0 Å². The van der Waals surface area contributed by atoms with Crippen LogP contribution in [0.2, 0.25) is 0 Å². The lowest BCUT2D eigenvalue weighted by atomic mass is 9.43. The van der Waals surface area contributed by atoms with Crippen molar-refractivity contribution in [2.45, 2.75) is 64.8 Å². The first-order valence-corrected chi connectivity index (χ1v) is 7.78. The number of carbonyl (C=O) groups excluding carboxylic acids is 1. The van der Waals surface area contributed by atoms with Gasteiger partial charge in [-0.05, 0) is 55.3 Å². The topological polar surface area (TPSA) is 55.1 Å². The molecule has 0 heterocycles. The van der Waals surface area contributed by atoms with Crippen molar-refractivity contribution >= 4 is 5.91 Å². The van der Waals surface area contributed by atoms with Crippen molar-refractivity contribution in [3.05, 3.63) is 0 Å². The van der Waals surface area contributed by atoms with Crippen LogP contribution in [0.1, 0.15) is 59.3 Å². The lowest BCUT2D eigenvalue weighted by Crippen LogP contribution is -2.64. The van der Waals surface area contributed by atoms with E-state index < -0.39 is 0 Å². The summed E-state index contributed by atoms with van der Waals surface area (Å²) >= 11 is 0. The Morgan fingerprint density at radius 2 is 1.79 bits per heavy atom. The Hall–Kier alpha value is -0.570. The molecule has 3 heteroatoms. The third kappa shape index (κ3) is 2.31. The maximum atomic E-state index is 11.2. The van der Waals surface area contributed by atoms with Crippen LogP contribution in [0.4, 0.5) is 0 Å². The van der Waals surface area contributed by atoms with Gasteiger partial charge in [-0.15, -0.1) is 0 Å². The fraction of sp³-hybridized carbons (Fsp3) is 0.938. The van der Waals surface area contributed by atoms with Crippen molar-refractivity contribution in [3.8, 4) is 0 Å². The number of nitrogens with one attached hydrogen (secondary N) is 1. The fourth-order valence-electron chi connectivity index (χ4n) is 6.12. The summed E-state index contributed by atoms with van der Waals surface area (Å²) in [5.41, 5.74) is 6.72. The Labute approximate surface area is 116 Å². The molecule has 0 radical (unpaired) electrons. The first-order valence-electron chi connectivity index (χ1n) is 7.78. The molecule has 0 aromatic carbocycles. The van der Waals surface area contributed by atoms with Crippen molar-refractivity contribution in [1.29, 1.82) is 0 Å². The van der Waals surface area contributed by atoms with E-state index in [0.717, 1.165) is 12.5 Å². The van der Waals surface area contributed by atoms with E-state index in [-0.39, 0.29) is 17.4 Å². The Kier molecular flexibility index (Phi) is 2.80. The number of carbonyl (C=O) groups is 1. The molecule has 19 heavy (non-hydrogen) atoms. The van der Waals surface area contributed by atoms with Crippen LogP contribution in [0.25, 0.3) is 0 Å². The molecule has 0 aliphatic heterocycles. The van der Waals surface area contributed by atoms with E-state index in [1.807, 2.05) is 6.92 Å². The monoisotopic (exact) mass is 264 g/mol. The van der Waals surface area contributed by atoms with E-state index >= 15 is 0 Å². The quantitative estimate of drug-likeness (QED) is 0.819. The minimum Gasteiger partial charge on any atom is -0.369 e. The number of nitrogens with two attached hydrogens (primary N) is 1. The second-order valence-electron chi connectivity index (χ2n) is 8.59. The Balaban J connectivity index is 1.75. The van der Waals surface area contributed by atoms with Crippen molar-refractivity contribution in [2.24, 2.45) is 28.4 Å². The summed E-state index contributed by atoms with van der Waals surface area (Å²) in [5.74, 6) is 0.644. The summed E-state index contributed by atoms with van der Waals surface area (Å²) in [6.07, 6.45) is 8.11. The van der Waals surface area contributed by atoms with Crippen LogP contribution in [-0.4, -0.2) is 18.0 Å². The number of amides is 1. The highest BCUT2D eigenvalue weighted by atomic mass is 16.1. The van der Waals surface area contributed by atoms with Crippen LogP contribution in [0.5, 0.6) is 0 Å². The van der Waals surface area contributed by atoms with Crippen molar-refractivity contribution in [1.82, 2.24) is 5.32 Å². The number of hydrogen-bond donors (Lipinski definition) is 2. The molecule has 4 saturated carbocycles. The van der Waals surface area contributed by atoms with Gasteiger partial charge in [-0.2, -0.15) is 0 Å². The zero-order valence-corrected chi connectivity index (χ0v) is 12.6. The van der Waals surface area contributed by atoms with Gasteiger partial charge in [0.15, 0.2) is 0 Å². The number of rotatable bonds is 4. The zero-order chi connectivity index (χ0) is 13.9. The van der Waals surface area contributed by atoms with E-state index in [9.17, 15) is 4.79 Å². The van der Waals surface area contributed by atoms with Gasteiger partial charge in [0.25, 0.3) is 0 Å². The lowest BCUT2D eigenvalue weighted by molar-refractivity contribution is -0.124. The Bertz CT molecular complexity index is 388. The predicted molar refractivity (Wildman–Crippen MR) is 76.5 cm³/mol. The Morgan fingerprint density at radius 1 is 1.21 bits per heavy atom. The van der Waals surface area contributed by atoms with E-state index in [2.05, 4.69) is 19.2 Å². The summed E-state index contributed by atoms with van der Waals surface area (Å²) in [5, 5.41) is 3.76. The van der Waals surface area contributed by atoms with Crippen LogP contribution < -0.4 is 11.1 Å². The molecular weight excluding hydrogens is 236 g/mol. The smallest absolute Gasteiger partial charge is 0.221 e. The molecule has 0 aromatic heterocycles. The molecule has 1 amide bonds. The summed E-state index contributed by atoms with van der Waals surface area (Å²) in [7, 11) is 0. The highest BCUT2D eigenvalue weighted by Crippen LogP contribution is 2.66. The summed E-state index contributed by atoms with van der Waals surface area (Å²) in [4.78, 5) is 11.2. The second kappa shape index (κ2) is 3.97. The molecule has 4 aliphatic rings. The van der Waals surface area contributed by atoms with Crippen LogP contribution in [-0.2, 0) is 4.79 Å². The normalized spacial score (nSPS) is 49.3. The molecule has 4 rings (SSSR count). The summed E-state index contributed by atoms with van der Waals surface area (Å²) in [6.45, 7) is 7.63. The molecule has 3 unspecified atom stereocenters. The van der Waals surface area contributed by atoms with Crippen molar-refractivity contribution in [2.75, 3.05) is 6.54 Å². The van der Waals surface area contributed by atoms with Crippen LogP contribution in [0, 0.1) is 22.7 Å². The van der Waals surface area contributed by atoms with Gasteiger partial charge in [0, 0.05) is 18.0 Å². The van der Waals surface area contributed by atoms with Gasteiger partial charge in [-0.3, -0.25) is 4.79 Å². The molecule has 3 nitrogen and oxygen atoms in total. The molecule has 108 valence electrons. The van der Waals surface area contributed by atoms with Crippen molar-refractivity contribution < 1.29 is 4.79 Å². The van der Waals surface area contributed by atoms with Gasteiger partial charge in [0.1, 0.15) is 0 Å². The third-order valence-corrected chi connectivity index (χ3v) is 5.90. The maximum Gasteiger partial charge on any atom is 0.221 e. The second-order valence-corrected chi connectivity index (χ2v) is 8.59. The van der Waals surface area contributed by atoms with Gasteiger partial charge in [0.05, 0.1) is 0 Å². The van der Waals surface area contributed by atoms with Gasteiger partial charge in [-0.25, -0.2) is 0 Å². The molecule has 0 spiro atoms. The van der Waals surface area contributed by atoms with Crippen molar-refractivity contribution in [3.63, 3.8) is 0 Å². The zero-order valence-electron chi connectivity index (χ0n) is 12.6. The molecule has 3 N–H and O–H groups in total. The molecule has 4 aliphatic carbocycles. The van der Waals surface area contributed by atoms with Gasteiger partial charge < -0.3 is 11.1 Å². The average molecular weight is 264 g/mol. The first-order chi connectivity index (χ1) is 8.73. The molecule has 0 aromatic rings. The SMILES string of the molecule is CC(CNC12CC3CC(C)(CC(C)(C3)C1)C2)C(N)=O. The highest BCUT2D eigenvalue weighted by Gasteiger charge is 2.59. The summed E-state index contributed by atoms with van der Waals surface area (Å²) in [6, 6.07) is 0. The third-order valence-electron chi connectivity index (χ3n) is 5.90. The van der Waals surface area contributed by atoms with E-state index in [4.69, 9.17) is 5.73 Å². The van der Waals surface area contributed by atoms with Crippen LogP contribution in [0.3, 0.4) is 0 Å². The maximum absolute atomic E-state index is 11.2. The van der Waals surface area contributed by atoms with Gasteiger partial charge >= 0.3 is 0 Å². The minimum atomic E-state index is -0.186. The number of primary amides is 1. The molecule has 3 atom stereocenters. The minimum absolute atomic E-state index is 0.0615. The first kappa shape index (κ1) is 13.4. The van der Waals surface area contributed by atoms with Crippen LogP contribution >= 0.6 is 0 Å². The standard InChI is InChI=1S/C16H28N2O/c1-11(13(17)19)7-18-16-6-12-4-14(2,9-16)8-15(3,5-12)10-16/h11-12,18H,4-10H2,1-3H3,(H2,17,19). The highest BCUT2D eigenvalue weighted by molar-refractivity contribution is 5.76. The van der Waals surface area contributed by atoms with E-state index in [0.29, 0.717) is 10.8 Å². The molecule has 0 saturated heterocycles. The van der Waals surface area contributed by atoms with E-state index in [1.165, 1.54) is 38.5 Å². The molecular formula is C16H28N2O. The summed E-state index contributed by atoms with van der Waals surface area (Å²) < 4.78 is 0. The molecule has 4 fully saturated rings. The number of hydrogen-bond acceptors (Lipinski definition) is 2. The predicted octanol–water partition coefficient (Wildman–Crippen LogP) is 2.45.